The molecular formula is C12H11Cl2NS. The first-order valence-corrected chi connectivity index (χ1v) is 6.48. The van der Waals surface area contributed by atoms with E-state index in [1.165, 1.54) is 0 Å². The third kappa shape index (κ3) is 2.11. The number of benzene rings is 1. The van der Waals surface area contributed by atoms with Gasteiger partial charge in [-0.05, 0) is 29.5 Å². The number of nitrogens with two attached hydrogens (primary N) is 1. The van der Waals surface area contributed by atoms with Crippen molar-refractivity contribution in [2.45, 2.75) is 13.0 Å². The van der Waals surface area contributed by atoms with E-state index >= 15 is 0 Å². The molecule has 0 saturated heterocycles. The maximum atomic E-state index is 6.19. The van der Waals surface area contributed by atoms with Gasteiger partial charge in [-0.25, -0.2) is 0 Å². The summed E-state index contributed by atoms with van der Waals surface area (Å²) in [7, 11) is 0. The Morgan fingerprint density at radius 2 is 1.94 bits per heavy atom. The third-order valence-electron chi connectivity index (χ3n) is 2.45. The Hall–Kier alpha value is -0.540. The first kappa shape index (κ1) is 11.9. The predicted molar refractivity (Wildman–Crippen MR) is 71.5 cm³/mol. The van der Waals surface area contributed by atoms with Crippen molar-refractivity contribution in [3.63, 3.8) is 0 Å². The highest BCUT2D eigenvalue weighted by molar-refractivity contribution is 7.10. The normalized spacial score (nSPS) is 12.8. The molecule has 2 rings (SSSR count). The zero-order valence-electron chi connectivity index (χ0n) is 8.71. The van der Waals surface area contributed by atoms with Gasteiger partial charge >= 0.3 is 0 Å². The first-order valence-electron chi connectivity index (χ1n) is 4.84. The zero-order valence-corrected chi connectivity index (χ0v) is 11.0. The van der Waals surface area contributed by atoms with Crippen LogP contribution in [0.15, 0.2) is 29.6 Å². The lowest BCUT2D eigenvalue weighted by molar-refractivity contribution is 0.893. The molecule has 1 atom stereocenters. The minimum atomic E-state index is -0.250. The number of thiophene rings is 1. The van der Waals surface area contributed by atoms with Gasteiger partial charge in [0.05, 0.1) is 11.1 Å². The minimum Gasteiger partial charge on any atom is -0.320 e. The summed E-state index contributed by atoms with van der Waals surface area (Å²) in [5.74, 6) is 0. The van der Waals surface area contributed by atoms with Crippen molar-refractivity contribution in [2.24, 2.45) is 5.73 Å². The maximum Gasteiger partial charge on any atom is 0.0675 e. The second kappa shape index (κ2) is 4.76. The van der Waals surface area contributed by atoms with E-state index < -0.39 is 0 Å². The maximum absolute atomic E-state index is 6.19. The molecule has 16 heavy (non-hydrogen) atoms. The lowest BCUT2D eigenvalue weighted by atomic mass is 10.1. The number of hydrogen-bond donors (Lipinski definition) is 1. The Morgan fingerprint density at radius 1 is 1.25 bits per heavy atom. The van der Waals surface area contributed by atoms with Crippen molar-refractivity contribution < 1.29 is 0 Å². The smallest absolute Gasteiger partial charge is 0.0675 e. The topological polar surface area (TPSA) is 26.0 Å². The number of aryl methyl sites for hydroxylation is 1. The van der Waals surface area contributed by atoms with E-state index in [-0.39, 0.29) is 6.04 Å². The lowest BCUT2D eigenvalue weighted by Crippen LogP contribution is -2.11. The van der Waals surface area contributed by atoms with Crippen LogP contribution in [0.4, 0.5) is 0 Å². The first-order chi connectivity index (χ1) is 7.61. The summed E-state index contributed by atoms with van der Waals surface area (Å²) in [4.78, 5) is 0.965. The molecule has 2 aromatic rings. The average molecular weight is 272 g/mol. The van der Waals surface area contributed by atoms with Crippen molar-refractivity contribution in [3.8, 4) is 0 Å². The molecule has 84 valence electrons. The molecule has 0 amide bonds. The molecule has 4 heteroatoms. The molecule has 0 aliphatic carbocycles. The van der Waals surface area contributed by atoms with Crippen LogP contribution in [-0.4, -0.2) is 0 Å². The van der Waals surface area contributed by atoms with Gasteiger partial charge < -0.3 is 5.73 Å². The van der Waals surface area contributed by atoms with Crippen LogP contribution in [0.5, 0.6) is 0 Å². The number of halogens is 2. The van der Waals surface area contributed by atoms with Gasteiger partial charge in [-0.1, -0.05) is 41.4 Å². The van der Waals surface area contributed by atoms with Gasteiger partial charge in [0.1, 0.15) is 0 Å². The van der Waals surface area contributed by atoms with Gasteiger partial charge in [-0.3, -0.25) is 0 Å². The van der Waals surface area contributed by atoms with Crippen LogP contribution >= 0.6 is 34.5 Å². The quantitative estimate of drug-likeness (QED) is 0.860. The van der Waals surface area contributed by atoms with Crippen molar-refractivity contribution in [1.82, 2.24) is 0 Å². The Bertz CT molecular complexity index is 507. The summed E-state index contributed by atoms with van der Waals surface area (Å²) in [5.41, 5.74) is 8.14. The molecule has 0 fully saturated rings. The number of rotatable bonds is 2. The fraction of sp³-hybridized carbons (Fsp3) is 0.167. The predicted octanol–water partition coefficient (Wildman–Crippen LogP) is 4.41. The van der Waals surface area contributed by atoms with E-state index in [2.05, 4.69) is 0 Å². The summed E-state index contributed by atoms with van der Waals surface area (Å²) < 4.78 is 0. The number of hydrogen-bond acceptors (Lipinski definition) is 2. The van der Waals surface area contributed by atoms with Gasteiger partial charge in [0.25, 0.3) is 0 Å². The standard InChI is InChI=1S/C12H11Cl2NS/c1-7-6-16-12(10(7)14)11(15)8-4-2-3-5-9(8)13/h2-6,11H,15H2,1H3. The Balaban J connectivity index is 2.43. The highest BCUT2D eigenvalue weighted by atomic mass is 35.5. The molecule has 1 aromatic carbocycles. The molecule has 1 nitrogen and oxygen atoms in total. The highest BCUT2D eigenvalue weighted by Crippen LogP contribution is 2.36. The zero-order chi connectivity index (χ0) is 11.7. The van der Waals surface area contributed by atoms with Crippen LogP contribution in [0.1, 0.15) is 22.0 Å². The van der Waals surface area contributed by atoms with Gasteiger partial charge in [-0.15, -0.1) is 11.3 Å². The van der Waals surface area contributed by atoms with Gasteiger partial charge in [0, 0.05) is 9.90 Å². The fourth-order valence-corrected chi connectivity index (χ4v) is 3.11. The summed E-state index contributed by atoms with van der Waals surface area (Å²) in [5, 5.41) is 3.43. The van der Waals surface area contributed by atoms with E-state index in [4.69, 9.17) is 28.9 Å². The van der Waals surface area contributed by atoms with E-state index in [9.17, 15) is 0 Å². The molecule has 1 heterocycles. The van der Waals surface area contributed by atoms with Crippen LogP contribution in [0.2, 0.25) is 10.0 Å². The second-order valence-electron chi connectivity index (χ2n) is 3.60. The van der Waals surface area contributed by atoms with Crippen LogP contribution in [0.3, 0.4) is 0 Å². The van der Waals surface area contributed by atoms with E-state index in [0.29, 0.717) is 5.02 Å². The second-order valence-corrected chi connectivity index (χ2v) is 5.29. The molecule has 0 saturated carbocycles. The molecule has 0 aliphatic heterocycles. The van der Waals surface area contributed by atoms with E-state index in [0.717, 1.165) is 21.0 Å². The molecule has 0 bridgehead atoms. The summed E-state index contributed by atoms with van der Waals surface area (Å²) in [6.07, 6.45) is 0. The van der Waals surface area contributed by atoms with E-state index in [1.807, 2.05) is 36.6 Å². The molecule has 0 aliphatic rings. The van der Waals surface area contributed by atoms with Crippen LogP contribution in [0.25, 0.3) is 0 Å². The summed E-state index contributed by atoms with van der Waals surface area (Å²) in [6, 6.07) is 7.33. The van der Waals surface area contributed by atoms with Gasteiger partial charge in [0.2, 0.25) is 0 Å². The third-order valence-corrected chi connectivity index (χ3v) is 4.59. The largest absolute Gasteiger partial charge is 0.320 e. The Morgan fingerprint density at radius 3 is 2.50 bits per heavy atom. The van der Waals surface area contributed by atoms with Crippen molar-refractivity contribution >= 4 is 34.5 Å². The molecule has 0 spiro atoms. The van der Waals surface area contributed by atoms with Gasteiger partial charge in [0.15, 0.2) is 0 Å². The summed E-state index contributed by atoms with van der Waals surface area (Å²) >= 11 is 13.9. The molecular weight excluding hydrogens is 261 g/mol. The monoisotopic (exact) mass is 271 g/mol. The SMILES string of the molecule is Cc1csc(C(N)c2ccccc2Cl)c1Cl. The lowest BCUT2D eigenvalue weighted by Gasteiger charge is -2.12. The van der Waals surface area contributed by atoms with Crippen LogP contribution < -0.4 is 5.73 Å². The van der Waals surface area contributed by atoms with Gasteiger partial charge in [-0.2, -0.15) is 0 Å². The van der Waals surface area contributed by atoms with E-state index in [1.54, 1.807) is 11.3 Å². The van der Waals surface area contributed by atoms with Crippen molar-refractivity contribution in [3.05, 3.63) is 55.7 Å². The Kier molecular flexibility index (Phi) is 3.55. The van der Waals surface area contributed by atoms with Crippen LogP contribution in [-0.2, 0) is 0 Å². The molecule has 0 radical (unpaired) electrons. The van der Waals surface area contributed by atoms with Crippen molar-refractivity contribution in [1.29, 1.82) is 0 Å². The molecule has 2 N–H and O–H groups in total. The molecule has 1 unspecified atom stereocenters. The van der Waals surface area contributed by atoms with Crippen molar-refractivity contribution in [2.75, 3.05) is 0 Å². The highest BCUT2D eigenvalue weighted by Gasteiger charge is 2.17. The fourth-order valence-electron chi connectivity index (χ4n) is 1.53. The molecule has 1 aromatic heterocycles. The summed E-state index contributed by atoms with van der Waals surface area (Å²) in [6.45, 7) is 1.97. The van der Waals surface area contributed by atoms with Crippen LogP contribution in [0, 0.1) is 6.92 Å². The minimum absolute atomic E-state index is 0.250. The average Bonchev–Trinajstić information content (AvgIpc) is 2.60. The Labute approximate surface area is 109 Å².